The van der Waals surface area contributed by atoms with Gasteiger partial charge in [0.05, 0.1) is 11.8 Å². The third-order valence-electron chi connectivity index (χ3n) is 5.26. The number of benzene rings is 1. The van der Waals surface area contributed by atoms with Crippen molar-refractivity contribution in [3.63, 3.8) is 0 Å². The molecular formula is C25H37N5O. The molecule has 2 rings (SSSR count). The maximum Gasteiger partial charge on any atom is 0.125 e. The summed E-state index contributed by atoms with van der Waals surface area (Å²) in [6.45, 7) is 16.6. The standard InChI is InChI=1S/C25H37N5O/c1-9-18(16-26-8)19-11-12-21(23(31)13-19)22(10-2)29-28-17(3)27-20-14-24(4,5)30-25(6,7)15-20/h9-13,16,20,30-31H,2,14-15H2,1,3-8H3,(H,27,28)/b18-9+,26-16?,29-22+. The minimum Gasteiger partial charge on any atom is -0.507 e. The molecule has 0 spiro atoms. The maximum absolute atomic E-state index is 10.6. The summed E-state index contributed by atoms with van der Waals surface area (Å²) in [5.41, 5.74) is 6.09. The van der Waals surface area contributed by atoms with Gasteiger partial charge in [0.1, 0.15) is 11.6 Å². The number of hydrogen-bond acceptors (Lipinski definition) is 5. The second kappa shape index (κ2) is 10.1. The van der Waals surface area contributed by atoms with E-state index in [0.29, 0.717) is 11.3 Å². The monoisotopic (exact) mass is 423 g/mol. The van der Waals surface area contributed by atoms with Gasteiger partial charge in [0.15, 0.2) is 0 Å². The summed E-state index contributed by atoms with van der Waals surface area (Å²) in [7, 11) is 1.72. The maximum atomic E-state index is 10.6. The number of phenols is 1. The molecule has 31 heavy (non-hydrogen) atoms. The first-order valence-electron chi connectivity index (χ1n) is 10.7. The van der Waals surface area contributed by atoms with Crippen molar-refractivity contribution in [1.29, 1.82) is 0 Å². The number of hydrazone groups is 1. The fourth-order valence-electron chi connectivity index (χ4n) is 4.40. The van der Waals surface area contributed by atoms with Crippen LogP contribution in [-0.4, -0.2) is 47.0 Å². The number of aromatic hydroxyl groups is 1. The van der Waals surface area contributed by atoms with Gasteiger partial charge in [-0.1, -0.05) is 18.7 Å². The molecule has 0 aromatic heterocycles. The lowest BCUT2D eigenvalue weighted by Gasteiger charge is -2.45. The van der Waals surface area contributed by atoms with E-state index in [4.69, 9.17) is 4.99 Å². The fourth-order valence-corrected chi connectivity index (χ4v) is 4.40. The highest BCUT2D eigenvalue weighted by Gasteiger charge is 2.37. The second-order valence-electron chi connectivity index (χ2n) is 9.35. The van der Waals surface area contributed by atoms with Gasteiger partial charge in [0, 0.05) is 29.9 Å². The van der Waals surface area contributed by atoms with Gasteiger partial charge in [-0.25, -0.2) is 0 Å². The molecular weight excluding hydrogens is 386 g/mol. The summed E-state index contributed by atoms with van der Waals surface area (Å²) in [5.74, 6) is 0.877. The topological polar surface area (TPSA) is 81.4 Å². The molecule has 1 aliphatic heterocycles. The Labute approximate surface area is 187 Å². The van der Waals surface area contributed by atoms with E-state index in [1.54, 1.807) is 25.4 Å². The first-order chi connectivity index (χ1) is 14.5. The van der Waals surface area contributed by atoms with Crippen molar-refractivity contribution in [2.24, 2.45) is 15.1 Å². The van der Waals surface area contributed by atoms with Crippen molar-refractivity contribution in [3.05, 3.63) is 48.1 Å². The number of rotatable bonds is 6. The molecule has 6 nitrogen and oxygen atoms in total. The molecule has 0 unspecified atom stereocenters. The number of allylic oxidation sites excluding steroid dienone is 3. The molecule has 0 amide bonds. The number of piperidine rings is 1. The predicted molar refractivity (Wildman–Crippen MR) is 133 cm³/mol. The largest absolute Gasteiger partial charge is 0.507 e. The molecule has 1 fully saturated rings. The van der Waals surface area contributed by atoms with Crippen LogP contribution >= 0.6 is 0 Å². The molecule has 1 heterocycles. The van der Waals surface area contributed by atoms with E-state index >= 15 is 0 Å². The Balaban J connectivity index is 2.20. The third kappa shape index (κ3) is 6.89. The minimum absolute atomic E-state index is 0.0353. The van der Waals surface area contributed by atoms with Crippen LogP contribution in [0.5, 0.6) is 5.75 Å². The van der Waals surface area contributed by atoms with Crippen LogP contribution in [0.2, 0.25) is 0 Å². The van der Waals surface area contributed by atoms with Crippen molar-refractivity contribution >= 4 is 23.3 Å². The number of hydrogen-bond donors (Lipinski definition) is 3. The molecule has 6 heteroatoms. The van der Waals surface area contributed by atoms with Crippen molar-refractivity contribution in [2.75, 3.05) is 7.05 Å². The van der Waals surface area contributed by atoms with Crippen molar-refractivity contribution in [3.8, 4) is 5.75 Å². The second-order valence-corrected chi connectivity index (χ2v) is 9.35. The van der Waals surface area contributed by atoms with Crippen LogP contribution in [0.3, 0.4) is 0 Å². The Morgan fingerprint density at radius 1 is 1.23 bits per heavy atom. The number of nitrogens with one attached hydrogen (secondary N) is 2. The Morgan fingerprint density at radius 2 is 1.87 bits per heavy atom. The van der Waals surface area contributed by atoms with E-state index in [-0.39, 0.29) is 22.9 Å². The number of amidine groups is 1. The first-order valence-corrected chi connectivity index (χ1v) is 10.7. The molecule has 0 atom stereocenters. The van der Waals surface area contributed by atoms with Gasteiger partial charge >= 0.3 is 0 Å². The van der Waals surface area contributed by atoms with Gasteiger partial charge in [-0.05, 0) is 83.7 Å². The van der Waals surface area contributed by atoms with Crippen LogP contribution in [0, 0.1) is 0 Å². The first kappa shape index (κ1) is 24.5. The molecule has 0 aliphatic carbocycles. The highest BCUT2D eigenvalue weighted by Crippen LogP contribution is 2.30. The lowest BCUT2D eigenvalue weighted by Crippen LogP contribution is -2.59. The molecule has 3 N–H and O–H groups in total. The van der Waals surface area contributed by atoms with Crippen LogP contribution in [0.15, 0.2) is 52.0 Å². The Bertz CT molecular complexity index is 906. The summed E-state index contributed by atoms with van der Waals surface area (Å²) in [6.07, 6.45) is 7.26. The molecule has 1 aliphatic rings. The normalized spacial score (nSPS) is 20.2. The van der Waals surface area contributed by atoms with E-state index in [1.165, 1.54) is 0 Å². The van der Waals surface area contributed by atoms with Crippen LogP contribution in [0.25, 0.3) is 5.57 Å². The van der Waals surface area contributed by atoms with Crippen LogP contribution in [0.4, 0.5) is 0 Å². The zero-order valence-corrected chi connectivity index (χ0v) is 20.0. The van der Waals surface area contributed by atoms with E-state index < -0.39 is 0 Å². The summed E-state index contributed by atoms with van der Waals surface area (Å²) >= 11 is 0. The van der Waals surface area contributed by atoms with Gasteiger partial charge in [-0.3, -0.25) is 15.4 Å². The average Bonchev–Trinajstić information content (AvgIpc) is 2.64. The van der Waals surface area contributed by atoms with Crippen LogP contribution in [-0.2, 0) is 0 Å². The van der Waals surface area contributed by atoms with Gasteiger partial charge in [0.2, 0.25) is 0 Å². The van der Waals surface area contributed by atoms with Crippen molar-refractivity contribution in [2.45, 2.75) is 71.5 Å². The number of nitrogens with zero attached hydrogens (tertiary/aromatic N) is 3. The zero-order chi connectivity index (χ0) is 23.2. The van der Waals surface area contributed by atoms with Crippen LogP contribution < -0.4 is 10.7 Å². The fraction of sp³-hybridized carbons (Fsp3) is 0.480. The Morgan fingerprint density at radius 3 is 2.39 bits per heavy atom. The number of aliphatic imine (C=N–C) groups is 2. The summed E-state index contributed by atoms with van der Waals surface area (Å²) in [4.78, 5) is 8.92. The van der Waals surface area contributed by atoms with Gasteiger partial charge in [0.25, 0.3) is 0 Å². The van der Waals surface area contributed by atoms with Gasteiger partial charge in [-0.15, -0.1) is 0 Å². The zero-order valence-electron chi connectivity index (χ0n) is 20.0. The lowest BCUT2D eigenvalue weighted by molar-refractivity contribution is 0.164. The van der Waals surface area contributed by atoms with E-state index in [9.17, 15) is 5.11 Å². The quantitative estimate of drug-likeness (QED) is 0.352. The molecule has 0 bridgehead atoms. The van der Waals surface area contributed by atoms with Gasteiger partial charge in [-0.2, -0.15) is 5.10 Å². The van der Waals surface area contributed by atoms with Crippen LogP contribution in [0.1, 0.15) is 65.5 Å². The molecule has 1 aromatic carbocycles. The molecule has 0 saturated carbocycles. The summed E-state index contributed by atoms with van der Waals surface area (Å²) in [6, 6.07) is 5.70. The molecule has 168 valence electrons. The molecule has 0 radical (unpaired) electrons. The van der Waals surface area contributed by atoms with Crippen molar-refractivity contribution in [1.82, 2.24) is 10.7 Å². The molecule has 1 saturated heterocycles. The summed E-state index contributed by atoms with van der Waals surface area (Å²) < 4.78 is 0. The van der Waals surface area contributed by atoms with E-state index in [2.05, 4.69) is 55.1 Å². The molecule has 1 aromatic rings. The van der Waals surface area contributed by atoms with Crippen molar-refractivity contribution < 1.29 is 5.11 Å². The SMILES string of the molecule is C=C/C(=N\NC(C)=NC1CC(C)(C)NC(C)(C)C1)c1ccc(/C(C=NC)=C/C)cc1O. The Hall–Kier alpha value is -2.73. The summed E-state index contributed by atoms with van der Waals surface area (Å²) in [5, 5.41) is 18.7. The number of phenolic OH excluding ortho intramolecular Hbond substituents is 1. The van der Waals surface area contributed by atoms with E-state index in [0.717, 1.165) is 29.8 Å². The highest BCUT2D eigenvalue weighted by molar-refractivity contribution is 6.12. The average molecular weight is 424 g/mol. The lowest BCUT2D eigenvalue weighted by atomic mass is 9.80. The van der Waals surface area contributed by atoms with Gasteiger partial charge < -0.3 is 10.4 Å². The smallest absolute Gasteiger partial charge is 0.125 e. The predicted octanol–water partition coefficient (Wildman–Crippen LogP) is 4.70. The highest BCUT2D eigenvalue weighted by atomic mass is 16.3. The Kier molecular flexibility index (Phi) is 7.96. The van der Waals surface area contributed by atoms with E-state index in [1.807, 2.05) is 32.1 Å². The third-order valence-corrected chi connectivity index (χ3v) is 5.26. The minimum atomic E-state index is 0.0353.